The smallest absolute Gasteiger partial charge is 0.227 e. The van der Waals surface area contributed by atoms with E-state index in [4.69, 9.17) is 14.2 Å². The molecule has 0 unspecified atom stereocenters. The van der Waals surface area contributed by atoms with E-state index in [1.54, 1.807) is 4.90 Å². The lowest BCUT2D eigenvalue weighted by atomic mass is 10.0. The molecule has 0 fully saturated rings. The van der Waals surface area contributed by atoms with Gasteiger partial charge in [0.1, 0.15) is 18.1 Å². The number of rotatable bonds is 11. The second-order valence-electron chi connectivity index (χ2n) is 7.40. The standard InChI is InChI=1S/C25H31NO5/c1-3-29-23-14-12-19(18-24(23)30-4-2)8-7-9-20(27)13-15-25(28)26-16-17-31-22-11-6-5-10-21(22)26/h5-6,10-12,14,18H,3-4,7-9,13,15-17H2,1-2H3. The Hall–Kier alpha value is -3.02. The first kappa shape index (κ1) is 22.7. The number of para-hydroxylation sites is 2. The molecule has 0 spiro atoms. The first-order valence-electron chi connectivity index (χ1n) is 11.0. The number of anilines is 1. The topological polar surface area (TPSA) is 65.1 Å². The van der Waals surface area contributed by atoms with Gasteiger partial charge in [0.05, 0.1) is 25.4 Å². The van der Waals surface area contributed by atoms with Crippen LogP contribution in [-0.4, -0.2) is 38.1 Å². The molecule has 1 aliphatic rings. The Labute approximate surface area is 184 Å². The Morgan fingerprint density at radius 2 is 1.74 bits per heavy atom. The highest BCUT2D eigenvalue weighted by Crippen LogP contribution is 2.31. The molecule has 3 rings (SSSR count). The number of carbonyl (C=O) groups excluding carboxylic acids is 2. The molecule has 0 aliphatic carbocycles. The summed E-state index contributed by atoms with van der Waals surface area (Å²) in [6, 6.07) is 13.4. The van der Waals surface area contributed by atoms with Crippen molar-refractivity contribution in [2.24, 2.45) is 0 Å². The molecule has 1 amide bonds. The Morgan fingerprint density at radius 1 is 0.968 bits per heavy atom. The van der Waals surface area contributed by atoms with Crippen molar-refractivity contribution in [2.75, 3.05) is 31.3 Å². The summed E-state index contributed by atoms with van der Waals surface area (Å²) in [5, 5.41) is 0. The van der Waals surface area contributed by atoms with Gasteiger partial charge in [-0.05, 0) is 56.5 Å². The van der Waals surface area contributed by atoms with Crippen LogP contribution in [0.3, 0.4) is 0 Å². The third-order valence-electron chi connectivity index (χ3n) is 5.18. The molecular formula is C25H31NO5. The number of benzene rings is 2. The molecule has 0 bridgehead atoms. The number of fused-ring (bicyclic) bond motifs is 1. The van der Waals surface area contributed by atoms with Gasteiger partial charge in [0, 0.05) is 19.3 Å². The predicted molar refractivity (Wildman–Crippen MR) is 120 cm³/mol. The highest BCUT2D eigenvalue weighted by molar-refractivity contribution is 5.97. The maximum Gasteiger partial charge on any atom is 0.227 e. The number of ether oxygens (including phenoxy) is 3. The fourth-order valence-electron chi connectivity index (χ4n) is 3.68. The summed E-state index contributed by atoms with van der Waals surface area (Å²) >= 11 is 0. The van der Waals surface area contributed by atoms with Crippen LogP contribution in [0.15, 0.2) is 42.5 Å². The van der Waals surface area contributed by atoms with E-state index in [0.29, 0.717) is 32.8 Å². The summed E-state index contributed by atoms with van der Waals surface area (Å²) in [5.74, 6) is 2.29. The van der Waals surface area contributed by atoms with Crippen LogP contribution < -0.4 is 19.1 Å². The summed E-state index contributed by atoms with van der Waals surface area (Å²) in [7, 11) is 0. The highest BCUT2D eigenvalue weighted by atomic mass is 16.5. The monoisotopic (exact) mass is 425 g/mol. The van der Waals surface area contributed by atoms with Crippen molar-refractivity contribution >= 4 is 17.4 Å². The van der Waals surface area contributed by atoms with E-state index in [1.807, 2.05) is 56.3 Å². The van der Waals surface area contributed by atoms with Crippen molar-refractivity contribution in [3.8, 4) is 17.2 Å². The van der Waals surface area contributed by atoms with Crippen LogP contribution in [0.5, 0.6) is 17.2 Å². The third kappa shape index (κ3) is 6.23. The quantitative estimate of drug-likeness (QED) is 0.527. The first-order chi connectivity index (χ1) is 15.1. The fraction of sp³-hybridized carbons (Fsp3) is 0.440. The summed E-state index contributed by atoms with van der Waals surface area (Å²) in [6.07, 6.45) is 2.48. The molecule has 2 aromatic carbocycles. The van der Waals surface area contributed by atoms with Crippen LogP contribution in [-0.2, 0) is 16.0 Å². The average molecular weight is 426 g/mol. The molecule has 0 N–H and O–H groups in total. The zero-order valence-electron chi connectivity index (χ0n) is 18.4. The molecule has 2 aromatic rings. The lowest BCUT2D eigenvalue weighted by molar-refractivity contribution is -0.124. The van der Waals surface area contributed by atoms with Crippen LogP contribution in [0.2, 0.25) is 0 Å². The van der Waals surface area contributed by atoms with Crippen molar-refractivity contribution in [1.82, 2.24) is 0 Å². The molecule has 0 saturated carbocycles. The second-order valence-corrected chi connectivity index (χ2v) is 7.40. The van der Waals surface area contributed by atoms with Gasteiger partial charge in [0.25, 0.3) is 0 Å². The third-order valence-corrected chi connectivity index (χ3v) is 5.18. The first-order valence-corrected chi connectivity index (χ1v) is 11.0. The molecule has 0 radical (unpaired) electrons. The molecule has 6 heteroatoms. The Bertz CT molecular complexity index is 895. The number of ketones is 1. The van der Waals surface area contributed by atoms with Crippen LogP contribution >= 0.6 is 0 Å². The zero-order valence-corrected chi connectivity index (χ0v) is 18.4. The minimum absolute atomic E-state index is 0.0306. The van der Waals surface area contributed by atoms with Crippen LogP contribution in [0, 0.1) is 0 Å². The number of aryl methyl sites for hydroxylation is 1. The molecule has 0 aromatic heterocycles. The summed E-state index contributed by atoms with van der Waals surface area (Å²) in [4.78, 5) is 26.7. The van der Waals surface area contributed by atoms with Gasteiger partial charge in [-0.15, -0.1) is 0 Å². The van der Waals surface area contributed by atoms with Crippen LogP contribution in [0.25, 0.3) is 0 Å². The van der Waals surface area contributed by atoms with Gasteiger partial charge in [0.2, 0.25) is 5.91 Å². The maximum absolute atomic E-state index is 12.6. The van der Waals surface area contributed by atoms with E-state index in [0.717, 1.165) is 41.3 Å². The Morgan fingerprint density at radius 3 is 2.55 bits per heavy atom. The average Bonchev–Trinajstić information content (AvgIpc) is 2.79. The summed E-state index contributed by atoms with van der Waals surface area (Å²) in [6.45, 7) is 6.04. The van der Waals surface area contributed by atoms with Crippen molar-refractivity contribution in [1.29, 1.82) is 0 Å². The number of amides is 1. The van der Waals surface area contributed by atoms with Gasteiger partial charge in [-0.3, -0.25) is 9.59 Å². The SMILES string of the molecule is CCOc1ccc(CCCC(=O)CCC(=O)N2CCOc3ccccc32)cc1OCC. The van der Waals surface area contributed by atoms with E-state index in [9.17, 15) is 9.59 Å². The van der Waals surface area contributed by atoms with E-state index in [1.165, 1.54) is 0 Å². The molecule has 0 saturated heterocycles. The van der Waals surface area contributed by atoms with Gasteiger partial charge in [-0.1, -0.05) is 18.2 Å². The molecule has 166 valence electrons. The van der Waals surface area contributed by atoms with Crippen molar-refractivity contribution in [2.45, 2.75) is 46.0 Å². The number of Topliss-reactive ketones (excluding diaryl/α,β-unsaturated/α-hetero) is 1. The van der Waals surface area contributed by atoms with Crippen LogP contribution in [0.4, 0.5) is 5.69 Å². The van der Waals surface area contributed by atoms with Gasteiger partial charge in [-0.2, -0.15) is 0 Å². The van der Waals surface area contributed by atoms with E-state index < -0.39 is 0 Å². The lowest BCUT2D eigenvalue weighted by Gasteiger charge is -2.29. The summed E-state index contributed by atoms with van der Waals surface area (Å²) < 4.78 is 16.8. The van der Waals surface area contributed by atoms with Gasteiger partial charge in [0.15, 0.2) is 11.5 Å². The normalized spacial score (nSPS) is 12.6. The van der Waals surface area contributed by atoms with E-state index in [2.05, 4.69) is 0 Å². The highest BCUT2D eigenvalue weighted by Gasteiger charge is 2.23. The minimum atomic E-state index is -0.0306. The summed E-state index contributed by atoms with van der Waals surface area (Å²) in [5.41, 5.74) is 1.90. The predicted octanol–water partition coefficient (Wildman–Crippen LogP) is 4.58. The fourth-order valence-corrected chi connectivity index (χ4v) is 3.68. The minimum Gasteiger partial charge on any atom is -0.490 e. The lowest BCUT2D eigenvalue weighted by Crippen LogP contribution is -2.38. The number of hydrogen-bond donors (Lipinski definition) is 0. The number of nitrogens with zero attached hydrogens (tertiary/aromatic N) is 1. The molecule has 31 heavy (non-hydrogen) atoms. The number of hydrogen-bond acceptors (Lipinski definition) is 5. The Balaban J connectivity index is 1.45. The molecular weight excluding hydrogens is 394 g/mol. The van der Waals surface area contributed by atoms with Crippen molar-refractivity contribution < 1.29 is 23.8 Å². The second kappa shape index (κ2) is 11.4. The zero-order chi connectivity index (χ0) is 22.1. The molecule has 0 atom stereocenters. The number of carbonyl (C=O) groups is 2. The Kier molecular flexibility index (Phi) is 8.33. The van der Waals surface area contributed by atoms with E-state index in [-0.39, 0.29) is 24.5 Å². The van der Waals surface area contributed by atoms with Crippen molar-refractivity contribution in [3.05, 3.63) is 48.0 Å². The molecule has 1 aliphatic heterocycles. The van der Waals surface area contributed by atoms with Gasteiger partial charge < -0.3 is 19.1 Å². The largest absolute Gasteiger partial charge is 0.490 e. The van der Waals surface area contributed by atoms with Crippen molar-refractivity contribution in [3.63, 3.8) is 0 Å². The molecule has 6 nitrogen and oxygen atoms in total. The molecule has 1 heterocycles. The van der Waals surface area contributed by atoms with Gasteiger partial charge >= 0.3 is 0 Å². The van der Waals surface area contributed by atoms with Gasteiger partial charge in [-0.25, -0.2) is 0 Å². The maximum atomic E-state index is 12.6. The van der Waals surface area contributed by atoms with Crippen LogP contribution in [0.1, 0.15) is 45.1 Å². The van der Waals surface area contributed by atoms with E-state index >= 15 is 0 Å².